The number of pyridine rings is 1. The molecule has 2 N–H and O–H groups in total. The van der Waals surface area contributed by atoms with E-state index in [1.54, 1.807) is 12.4 Å². The smallest absolute Gasteiger partial charge is 0.249 e. The predicted molar refractivity (Wildman–Crippen MR) is 118 cm³/mol. The maximum absolute atomic E-state index is 12.9. The van der Waals surface area contributed by atoms with Gasteiger partial charge >= 0.3 is 0 Å². The molecular formula is C24H27N3O2. The average molecular weight is 389 g/mol. The van der Waals surface area contributed by atoms with Crippen LogP contribution in [0.15, 0.2) is 79.1 Å². The zero-order chi connectivity index (χ0) is 20.7. The van der Waals surface area contributed by atoms with E-state index in [-0.39, 0.29) is 18.1 Å². The van der Waals surface area contributed by atoms with Gasteiger partial charge in [-0.2, -0.15) is 0 Å². The summed E-state index contributed by atoms with van der Waals surface area (Å²) in [7, 11) is 0. The highest BCUT2D eigenvalue weighted by atomic mass is 16.5. The lowest BCUT2D eigenvalue weighted by Crippen LogP contribution is -2.40. The summed E-state index contributed by atoms with van der Waals surface area (Å²) < 4.78 is 5.87. The van der Waals surface area contributed by atoms with Gasteiger partial charge < -0.3 is 15.4 Å². The zero-order valence-corrected chi connectivity index (χ0v) is 17.1. The molecule has 0 aliphatic carbocycles. The van der Waals surface area contributed by atoms with Gasteiger partial charge in [0.25, 0.3) is 0 Å². The van der Waals surface area contributed by atoms with E-state index in [1.165, 1.54) is 0 Å². The molecule has 0 aliphatic rings. The average Bonchev–Trinajstić information content (AvgIpc) is 2.72. The fourth-order valence-corrected chi connectivity index (χ4v) is 2.77. The van der Waals surface area contributed by atoms with Crippen LogP contribution >= 0.6 is 0 Å². The van der Waals surface area contributed by atoms with Crippen molar-refractivity contribution in [3.05, 3.63) is 79.1 Å². The Kier molecular flexibility index (Phi) is 6.62. The molecule has 0 radical (unpaired) electrons. The predicted octanol–water partition coefficient (Wildman–Crippen LogP) is 4.98. The van der Waals surface area contributed by atoms with Crippen molar-refractivity contribution in [3.63, 3.8) is 0 Å². The van der Waals surface area contributed by atoms with Gasteiger partial charge in [-0.15, -0.1) is 0 Å². The third kappa shape index (κ3) is 6.43. The lowest BCUT2D eigenvalue weighted by Gasteiger charge is -2.25. The summed E-state index contributed by atoms with van der Waals surface area (Å²) in [4.78, 5) is 17.0. The molecule has 5 heteroatoms. The van der Waals surface area contributed by atoms with Gasteiger partial charge in [-0.3, -0.25) is 9.78 Å². The highest BCUT2D eigenvalue weighted by Gasteiger charge is 2.22. The van der Waals surface area contributed by atoms with Crippen LogP contribution in [0, 0.1) is 0 Å². The first-order valence-corrected chi connectivity index (χ1v) is 9.67. The number of carbonyl (C=O) groups excluding carboxylic acids is 1. The number of aromatic nitrogens is 1. The van der Waals surface area contributed by atoms with Crippen LogP contribution in [0.1, 0.15) is 20.8 Å². The van der Waals surface area contributed by atoms with Crippen molar-refractivity contribution < 1.29 is 9.53 Å². The molecular weight excluding hydrogens is 362 g/mol. The number of amides is 1. The first-order valence-electron chi connectivity index (χ1n) is 9.67. The van der Waals surface area contributed by atoms with Crippen molar-refractivity contribution in [2.24, 2.45) is 0 Å². The lowest BCUT2D eigenvalue weighted by atomic mass is 10.1. The maximum atomic E-state index is 12.9. The molecule has 3 aromatic rings. The fourth-order valence-electron chi connectivity index (χ4n) is 2.77. The number of rotatable bonds is 7. The number of para-hydroxylation sites is 1. The Morgan fingerprint density at radius 3 is 2.14 bits per heavy atom. The monoisotopic (exact) mass is 389 g/mol. The molecule has 1 unspecified atom stereocenters. The first kappa shape index (κ1) is 20.6. The molecule has 0 saturated heterocycles. The van der Waals surface area contributed by atoms with Crippen molar-refractivity contribution in [2.75, 3.05) is 17.2 Å². The molecule has 29 heavy (non-hydrogen) atoms. The van der Waals surface area contributed by atoms with Crippen LogP contribution in [0.2, 0.25) is 0 Å². The molecule has 150 valence electrons. The van der Waals surface area contributed by atoms with Crippen LogP contribution in [-0.4, -0.2) is 29.1 Å². The van der Waals surface area contributed by atoms with Gasteiger partial charge in [0.05, 0.1) is 12.2 Å². The number of benzene rings is 2. The van der Waals surface area contributed by atoms with Gasteiger partial charge in [0.2, 0.25) is 5.91 Å². The molecule has 0 bridgehead atoms. The van der Waals surface area contributed by atoms with Gasteiger partial charge in [0.1, 0.15) is 6.04 Å². The quantitative estimate of drug-likeness (QED) is 0.598. The second-order valence-corrected chi connectivity index (χ2v) is 7.79. The van der Waals surface area contributed by atoms with E-state index in [0.717, 1.165) is 22.5 Å². The number of hydrogen-bond donors (Lipinski definition) is 2. The SMILES string of the molecule is CC(C)(C)OCC(Nc1ccccc1)C(=O)Nc1ccc(-c2ccncc2)cc1. The molecule has 3 rings (SSSR count). The zero-order valence-electron chi connectivity index (χ0n) is 17.1. The number of ether oxygens (including phenoxy) is 1. The molecule has 0 aliphatic heterocycles. The normalized spacial score (nSPS) is 12.2. The van der Waals surface area contributed by atoms with Gasteiger partial charge in [-0.1, -0.05) is 30.3 Å². The van der Waals surface area contributed by atoms with Gasteiger partial charge in [-0.25, -0.2) is 0 Å². The Hall–Kier alpha value is -3.18. The molecule has 5 nitrogen and oxygen atoms in total. The van der Waals surface area contributed by atoms with Crippen molar-refractivity contribution in [3.8, 4) is 11.1 Å². The van der Waals surface area contributed by atoms with Crippen LogP contribution in [0.3, 0.4) is 0 Å². The number of hydrogen-bond acceptors (Lipinski definition) is 4. The summed E-state index contributed by atoms with van der Waals surface area (Å²) in [6, 6.07) is 20.8. The van der Waals surface area contributed by atoms with E-state index in [1.807, 2.05) is 87.5 Å². The lowest BCUT2D eigenvalue weighted by molar-refractivity contribution is -0.119. The molecule has 1 atom stereocenters. The number of carbonyl (C=O) groups is 1. The standard InChI is InChI=1S/C24H27N3O2/c1-24(2,3)29-17-22(26-20-7-5-4-6-8-20)23(28)27-21-11-9-18(10-12-21)19-13-15-25-16-14-19/h4-16,22,26H,17H2,1-3H3,(H,27,28). The van der Waals surface area contributed by atoms with Crippen LogP contribution in [0.4, 0.5) is 11.4 Å². The van der Waals surface area contributed by atoms with E-state index in [4.69, 9.17) is 4.74 Å². The number of nitrogens with one attached hydrogen (secondary N) is 2. The number of anilines is 2. The third-order valence-electron chi connectivity index (χ3n) is 4.28. The summed E-state index contributed by atoms with van der Waals surface area (Å²) >= 11 is 0. The molecule has 1 heterocycles. The molecule has 0 fully saturated rings. The second kappa shape index (κ2) is 9.34. The Morgan fingerprint density at radius 1 is 0.897 bits per heavy atom. The minimum absolute atomic E-state index is 0.144. The van der Waals surface area contributed by atoms with E-state index >= 15 is 0 Å². The summed E-state index contributed by atoms with van der Waals surface area (Å²) in [5.74, 6) is -0.144. The molecule has 0 saturated carbocycles. The Labute approximate surface area is 172 Å². The minimum Gasteiger partial charge on any atom is -0.373 e. The largest absolute Gasteiger partial charge is 0.373 e. The van der Waals surface area contributed by atoms with Crippen molar-refractivity contribution in [1.29, 1.82) is 0 Å². The molecule has 1 aromatic heterocycles. The second-order valence-electron chi connectivity index (χ2n) is 7.79. The van der Waals surface area contributed by atoms with E-state index in [2.05, 4.69) is 15.6 Å². The van der Waals surface area contributed by atoms with E-state index in [9.17, 15) is 4.79 Å². The Bertz CT molecular complexity index is 904. The van der Waals surface area contributed by atoms with Crippen molar-refractivity contribution in [1.82, 2.24) is 4.98 Å². The van der Waals surface area contributed by atoms with E-state index in [0.29, 0.717) is 0 Å². The van der Waals surface area contributed by atoms with Crippen molar-refractivity contribution >= 4 is 17.3 Å². The highest BCUT2D eigenvalue weighted by molar-refractivity contribution is 5.96. The molecule has 1 amide bonds. The minimum atomic E-state index is -0.517. The molecule has 0 spiro atoms. The first-order chi connectivity index (χ1) is 13.9. The Balaban J connectivity index is 1.69. The van der Waals surface area contributed by atoms with Crippen LogP contribution in [0.5, 0.6) is 0 Å². The van der Waals surface area contributed by atoms with Gasteiger partial charge in [-0.05, 0) is 68.3 Å². The highest BCUT2D eigenvalue weighted by Crippen LogP contribution is 2.21. The fraction of sp³-hybridized carbons (Fsp3) is 0.250. The van der Waals surface area contributed by atoms with Crippen LogP contribution < -0.4 is 10.6 Å². The van der Waals surface area contributed by atoms with Crippen LogP contribution in [0.25, 0.3) is 11.1 Å². The summed E-state index contributed by atoms with van der Waals surface area (Å²) in [5.41, 5.74) is 3.44. The van der Waals surface area contributed by atoms with Gasteiger partial charge in [0.15, 0.2) is 0 Å². The summed E-state index contributed by atoms with van der Waals surface area (Å²) in [6.45, 7) is 6.19. The summed E-state index contributed by atoms with van der Waals surface area (Å²) in [6.07, 6.45) is 3.53. The molecule has 2 aromatic carbocycles. The Morgan fingerprint density at radius 2 is 1.52 bits per heavy atom. The third-order valence-corrected chi connectivity index (χ3v) is 4.28. The number of nitrogens with zero attached hydrogens (tertiary/aromatic N) is 1. The maximum Gasteiger partial charge on any atom is 0.249 e. The van der Waals surface area contributed by atoms with Gasteiger partial charge in [0, 0.05) is 23.8 Å². The summed E-state index contributed by atoms with van der Waals surface area (Å²) in [5, 5.41) is 6.25. The van der Waals surface area contributed by atoms with E-state index < -0.39 is 6.04 Å². The topological polar surface area (TPSA) is 63.2 Å². The van der Waals surface area contributed by atoms with Crippen LogP contribution in [-0.2, 0) is 9.53 Å². The van der Waals surface area contributed by atoms with Crippen molar-refractivity contribution in [2.45, 2.75) is 32.4 Å².